The molecule has 0 radical (unpaired) electrons. The van der Waals surface area contributed by atoms with Crippen LogP contribution in [0.1, 0.15) is 23.9 Å². The molecule has 0 aliphatic carbocycles. The van der Waals surface area contributed by atoms with Gasteiger partial charge >= 0.3 is 6.18 Å². The molecule has 3 N–H and O–H groups in total. The number of halogens is 3. The molecule has 0 atom stereocenters. The van der Waals surface area contributed by atoms with E-state index in [1.165, 1.54) is 6.07 Å². The summed E-state index contributed by atoms with van der Waals surface area (Å²) in [4.78, 5) is 8.70. The molecule has 0 spiro atoms. The highest BCUT2D eigenvalue weighted by Gasteiger charge is 2.30. The maximum atomic E-state index is 12.8. The lowest BCUT2D eigenvalue weighted by atomic mass is 10.1. The number of hydrogen-bond acceptors (Lipinski definition) is 4. The first kappa shape index (κ1) is 20.4. The number of hydrogen-bond donors (Lipinski definition) is 3. The third-order valence-electron chi connectivity index (χ3n) is 3.95. The highest BCUT2D eigenvalue weighted by atomic mass is 19.4. The number of benzene rings is 1. The standard InChI is InChI=1S/C19H21F3N6O/c1-2-23-18(25-12-13-5-3-6-14(11-13)19(20,21)22)24-9-8-16-26-17(28-27-16)15-7-4-10-29-15/h3-7,10-11H,2,8-9,12H2,1H3,(H2,23,24,25)(H,26,27,28). The first-order valence-corrected chi connectivity index (χ1v) is 9.09. The van der Waals surface area contributed by atoms with Crippen LogP contribution < -0.4 is 10.6 Å². The third kappa shape index (κ3) is 5.84. The van der Waals surface area contributed by atoms with Gasteiger partial charge in [-0.1, -0.05) is 12.1 Å². The van der Waals surface area contributed by atoms with E-state index in [0.717, 1.165) is 12.1 Å². The summed E-state index contributed by atoms with van der Waals surface area (Å²) in [5.74, 6) is 2.25. The average molecular weight is 406 g/mol. The summed E-state index contributed by atoms with van der Waals surface area (Å²) >= 11 is 0. The molecule has 0 unspecified atom stereocenters. The number of guanidine groups is 1. The molecule has 0 fully saturated rings. The van der Waals surface area contributed by atoms with Gasteiger partial charge in [0.1, 0.15) is 5.82 Å². The van der Waals surface area contributed by atoms with Crippen LogP contribution in [0.5, 0.6) is 0 Å². The molecule has 3 aromatic rings. The minimum Gasteiger partial charge on any atom is -0.461 e. The number of rotatable bonds is 7. The summed E-state index contributed by atoms with van der Waals surface area (Å²) in [5, 5.41) is 13.2. The van der Waals surface area contributed by atoms with Gasteiger partial charge in [-0.25, -0.2) is 9.98 Å². The number of nitrogens with one attached hydrogen (secondary N) is 3. The van der Waals surface area contributed by atoms with Crippen LogP contribution in [0.4, 0.5) is 13.2 Å². The maximum absolute atomic E-state index is 12.8. The van der Waals surface area contributed by atoms with Gasteiger partial charge in [-0.2, -0.15) is 18.3 Å². The number of aromatic amines is 1. The molecule has 0 saturated carbocycles. The summed E-state index contributed by atoms with van der Waals surface area (Å²) in [6.07, 6.45) is -2.26. The molecule has 0 bridgehead atoms. The Morgan fingerprint density at radius 1 is 1.21 bits per heavy atom. The second kappa shape index (κ2) is 9.26. The van der Waals surface area contributed by atoms with Crippen LogP contribution in [0.2, 0.25) is 0 Å². The summed E-state index contributed by atoms with van der Waals surface area (Å²) in [7, 11) is 0. The van der Waals surface area contributed by atoms with E-state index in [9.17, 15) is 13.2 Å². The Morgan fingerprint density at radius 2 is 2.07 bits per heavy atom. The highest BCUT2D eigenvalue weighted by molar-refractivity contribution is 5.79. The molecule has 2 heterocycles. The highest BCUT2D eigenvalue weighted by Crippen LogP contribution is 2.29. The lowest BCUT2D eigenvalue weighted by molar-refractivity contribution is -0.137. The van der Waals surface area contributed by atoms with E-state index < -0.39 is 11.7 Å². The zero-order chi connectivity index (χ0) is 20.7. The Bertz CT molecular complexity index is 934. The molecule has 2 aromatic heterocycles. The summed E-state index contributed by atoms with van der Waals surface area (Å²) < 4.78 is 43.7. The minimum absolute atomic E-state index is 0.129. The first-order valence-electron chi connectivity index (χ1n) is 9.09. The van der Waals surface area contributed by atoms with E-state index in [1.807, 2.05) is 6.92 Å². The fourth-order valence-corrected chi connectivity index (χ4v) is 2.58. The van der Waals surface area contributed by atoms with E-state index >= 15 is 0 Å². The van der Waals surface area contributed by atoms with Crippen molar-refractivity contribution >= 4 is 5.96 Å². The largest absolute Gasteiger partial charge is 0.461 e. The van der Waals surface area contributed by atoms with E-state index in [-0.39, 0.29) is 6.54 Å². The molecular formula is C19H21F3N6O. The Morgan fingerprint density at radius 3 is 2.79 bits per heavy atom. The van der Waals surface area contributed by atoms with Crippen LogP contribution in [0.25, 0.3) is 11.6 Å². The quantitative estimate of drug-likeness (QED) is 0.413. The summed E-state index contributed by atoms with van der Waals surface area (Å²) in [6.45, 7) is 3.18. The van der Waals surface area contributed by atoms with E-state index in [0.29, 0.717) is 48.4 Å². The Hall–Kier alpha value is -3.30. The van der Waals surface area contributed by atoms with Gasteiger partial charge in [-0.3, -0.25) is 5.10 Å². The fourth-order valence-electron chi connectivity index (χ4n) is 2.58. The van der Waals surface area contributed by atoms with Gasteiger partial charge < -0.3 is 15.1 Å². The fraction of sp³-hybridized carbons (Fsp3) is 0.316. The van der Waals surface area contributed by atoms with Crippen molar-refractivity contribution in [1.82, 2.24) is 25.8 Å². The second-order valence-electron chi connectivity index (χ2n) is 6.15. The van der Waals surface area contributed by atoms with E-state index in [1.54, 1.807) is 24.5 Å². The maximum Gasteiger partial charge on any atom is 0.416 e. The van der Waals surface area contributed by atoms with Crippen molar-refractivity contribution in [2.45, 2.75) is 26.1 Å². The van der Waals surface area contributed by atoms with Crippen molar-refractivity contribution in [2.24, 2.45) is 4.99 Å². The molecule has 0 saturated heterocycles. The molecule has 0 aliphatic rings. The van der Waals surface area contributed by atoms with Crippen LogP contribution in [0.3, 0.4) is 0 Å². The van der Waals surface area contributed by atoms with Gasteiger partial charge in [-0.15, -0.1) is 0 Å². The second-order valence-corrected chi connectivity index (χ2v) is 6.15. The molecule has 0 amide bonds. The van der Waals surface area contributed by atoms with E-state index in [4.69, 9.17) is 4.42 Å². The molecule has 10 heteroatoms. The Balaban J connectivity index is 1.56. The lowest BCUT2D eigenvalue weighted by Crippen LogP contribution is -2.38. The van der Waals surface area contributed by atoms with E-state index in [2.05, 4.69) is 30.8 Å². The van der Waals surface area contributed by atoms with Gasteiger partial charge in [0.25, 0.3) is 0 Å². The van der Waals surface area contributed by atoms with Crippen molar-refractivity contribution in [2.75, 3.05) is 13.1 Å². The topological polar surface area (TPSA) is 91.1 Å². The van der Waals surface area contributed by atoms with Crippen LogP contribution in [0.15, 0.2) is 52.1 Å². The number of alkyl halides is 3. The Labute approximate surface area is 165 Å². The van der Waals surface area contributed by atoms with Crippen molar-refractivity contribution in [3.63, 3.8) is 0 Å². The molecule has 1 aromatic carbocycles. The van der Waals surface area contributed by atoms with Gasteiger partial charge in [0.05, 0.1) is 18.4 Å². The number of aliphatic imine (C=N–C) groups is 1. The van der Waals surface area contributed by atoms with Crippen molar-refractivity contribution in [3.8, 4) is 11.6 Å². The van der Waals surface area contributed by atoms with Gasteiger partial charge in [0.15, 0.2) is 11.7 Å². The molecule has 3 rings (SSSR count). The molecule has 7 nitrogen and oxygen atoms in total. The predicted octanol–water partition coefficient (Wildman–Crippen LogP) is 3.38. The summed E-state index contributed by atoms with van der Waals surface area (Å²) in [6, 6.07) is 8.69. The zero-order valence-corrected chi connectivity index (χ0v) is 15.8. The number of furan rings is 1. The van der Waals surface area contributed by atoms with Crippen LogP contribution in [-0.2, 0) is 19.1 Å². The van der Waals surface area contributed by atoms with Crippen LogP contribution in [0, 0.1) is 0 Å². The van der Waals surface area contributed by atoms with Gasteiger partial charge in [0, 0.05) is 19.5 Å². The van der Waals surface area contributed by atoms with Gasteiger partial charge in [-0.05, 0) is 36.8 Å². The predicted molar refractivity (Wildman–Crippen MR) is 102 cm³/mol. The number of aromatic nitrogens is 3. The van der Waals surface area contributed by atoms with Crippen molar-refractivity contribution in [1.29, 1.82) is 0 Å². The SMILES string of the molecule is CCNC(=NCc1cccc(C(F)(F)F)c1)NCCc1nc(-c2ccco2)n[nH]1. The molecule has 154 valence electrons. The first-order chi connectivity index (χ1) is 14.0. The lowest BCUT2D eigenvalue weighted by Gasteiger charge is -2.11. The smallest absolute Gasteiger partial charge is 0.416 e. The third-order valence-corrected chi connectivity index (χ3v) is 3.95. The van der Waals surface area contributed by atoms with Crippen LogP contribution in [-0.4, -0.2) is 34.2 Å². The average Bonchev–Trinajstić information content (AvgIpc) is 3.37. The monoisotopic (exact) mass is 406 g/mol. The minimum atomic E-state index is -4.37. The molecule has 0 aliphatic heterocycles. The molecular weight excluding hydrogens is 385 g/mol. The number of nitrogens with zero attached hydrogens (tertiary/aromatic N) is 3. The van der Waals surface area contributed by atoms with Crippen molar-refractivity contribution in [3.05, 3.63) is 59.6 Å². The summed E-state index contributed by atoms with van der Waals surface area (Å²) in [5.41, 5.74) is -0.198. The Kier molecular flexibility index (Phi) is 6.53. The number of H-pyrrole nitrogens is 1. The zero-order valence-electron chi connectivity index (χ0n) is 15.8. The van der Waals surface area contributed by atoms with Gasteiger partial charge in [0.2, 0.25) is 5.82 Å². The van der Waals surface area contributed by atoms with Crippen molar-refractivity contribution < 1.29 is 17.6 Å². The normalized spacial score (nSPS) is 12.2. The molecule has 29 heavy (non-hydrogen) atoms. The van der Waals surface area contributed by atoms with Crippen LogP contribution >= 0.6 is 0 Å².